The average Bonchev–Trinajstić information content (AvgIpc) is 2.73. The molecule has 1 heterocycles. The maximum atomic E-state index is 11.1. The molecule has 1 unspecified atom stereocenters. The van der Waals surface area contributed by atoms with Gasteiger partial charge in [0, 0.05) is 0 Å². The summed E-state index contributed by atoms with van der Waals surface area (Å²) < 4.78 is 9.74. The number of fused-ring (bicyclic) bond motifs is 1. The minimum Gasteiger partial charge on any atom is -0.481 e. The zero-order valence-electron chi connectivity index (χ0n) is 8.10. The van der Waals surface area contributed by atoms with Crippen molar-refractivity contribution >= 4 is 17.7 Å². The van der Waals surface area contributed by atoms with Gasteiger partial charge in [-0.05, 0) is 17.7 Å². The lowest BCUT2D eigenvalue weighted by Gasteiger charge is -2.09. The highest BCUT2D eigenvalue weighted by atomic mass is 32.2. The van der Waals surface area contributed by atoms with Gasteiger partial charge in [-0.15, -0.1) is 0 Å². The number of esters is 1. The molecule has 0 bridgehead atoms. The number of hydrogen-bond acceptors (Lipinski definition) is 5. The van der Waals surface area contributed by atoms with Gasteiger partial charge in [-0.25, -0.2) is 4.79 Å². The van der Waals surface area contributed by atoms with Crippen molar-refractivity contribution in [3.8, 4) is 5.75 Å². The monoisotopic (exact) mass is 226 g/mol. The van der Waals surface area contributed by atoms with Crippen molar-refractivity contribution in [1.29, 1.82) is 0 Å². The summed E-state index contributed by atoms with van der Waals surface area (Å²) in [5.41, 5.74) is 0.526. The highest BCUT2D eigenvalue weighted by molar-refractivity contribution is 7.99. The Morgan fingerprint density at radius 2 is 2.47 bits per heavy atom. The maximum Gasteiger partial charge on any atom is 0.339 e. The molecule has 0 saturated heterocycles. The number of thioether (sulfide) groups is 1. The third-order valence-corrected chi connectivity index (χ3v) is 3.00. The lowest BCUT2D eigenvalue weighted by Crippen LogP contribution is -2.13. The average molecular weight is 226 g/mol. The summed E-state index contributed by atoms with van der Waals surface area (Å²) in [5, 5.41) is 9.60. The Morgan fingerprint density at radius 1 is 1.67 bits per heavy atom. The fraction of sp³-hybridized carbons (Fsp3) is 0.300. The smallest absolute Gasteiger partial charge is 0.339 e. The van der Waals surface area contributed by atoms with Crippen molar-refractivity contribution in [2.45, 2.75) is 11.0 Å². The van der Waals surface area contributed by atoms with Crippen LogP contribution >= 0.6 is 11.8 Å². The molecule has 0 aliphatic carbocycles. The summed E-state index contributed by atoms with van der Waals surface area (Å²) in [4.78, 5) is 12.0. The number of methoxy groups -OCH3 is 1. The molecule has 2 rings (SSSR count). The Kier molecular flexibility index (Phi) is 2.83. The Balaban J connectivity index is 2.26. The van der Waals surface area contributed by atoms with E-state index >= 15 is 0 Å². The van der Waals surface area contributed by atoms with Crippen LogP contribution in [0.4, 0.5) is 0 Å². The van der Waals surface area contributed by atoms with E-state index in [1.54, 1.807) is 18.2 Å². The first kappa shape index (κ1) is 10.3. The Morgan fingerprint density at radius 3 is 3.20 bits per heavy atom. The van der Waals surface area contributed by atoms with Gasteiger partial charge in [-0.3, -0.25) is 0 Å². The largest absolute Gasteiger partial charge is 0.481 e. The summed E-state index contributed by atoms with van der Waals surface area (Å²) in [6.07, 6.45) is -1.22. The summed E-state index contributed by atoms with van der Waals surface area (Å²) in [7, 11) is 1.25. The van der Waals surface area contributed by atoms with Crippen LogP contribution in [-0.4, -0.2) is 24.1 Å². The van der Waals surface area contributed by atoms with Gasteiger partial charge < -0.3 is 14.6 Å². The van der Waals surface area contributed by atoms with Crippen molar-refractivity contribution in [3.05, 3.63) is 23.8 Å². The van der Waals surface area contributed by atoms with Crippen LogP contribution in [0.2, 0.25) is 0 Å². The van der Waals surface area contributed by atoms with Gasteiger partial charge >= 0.3 is 5.97 Å². The fourth-order valence-electron chi connectivity index (χ4n) is 1.33. The standard InChI is InChI=1S/C10H10O4S/c1-13-10(12)9(11)6-2-3-7-8(4-6)15-5-14-7/h2-4,9,11H,5H2,1H3. The van der Waals surface area contributed by atoms with Crippen molar-refractivity contribution in [1.82, 2.24) is 0 Å². The van der Waals surface area contributed by atoms with Gasteiger partial charge in [0.25, 0.3) is 0 Å². The second kappa shape index (κ2) is 4.12. The summed E-state index contributed by atoms with van der Waals surface area (Å²) >= 11 is 1.53. The molecule has 1 N–H and O–H groups in total. The molecule has 0 saturated carbocycles. The van der Waals surface area contributed by atoms with Crippen molar-refractivity contribution in [2.75, 3.05) is 13.0 Å². The first-order valence-corrected chi connectivity index (χ1v) is 5.36. The molecule has 1 aromatic rings. The second-order valence-electron chi connectivity index (χ2n) is 3.04. The second-order valence-corrected chi connectivity index (χ2v) is 4.00. The van der Waals surface area contributed by atoms with Crippen LogP contribution in [0.15, 0.2) is 23.1 Å². The third-order valence-electron chi connectivity index (χ3n) is 2.14. The molecule has 1 aliphatic heterocycles. The zero-order chi connectivity index (χ0) is 10.8. The van der Waals surface area contributed by atoms with E-state index in [4.69, 9.17) is 4.74 Å². The van der Waals surface area contributed by atoms with Crippen LogP contribution in [-0.2, 0) is 9.53 Å². The number of rotatable bonds is 2. The molecule has 0 aromatic heterocycles. The van der Waals surface area contributed by atoms with Gasteiger partial charge in [-0.2, -0.15) is 0 Å². The normalized spacial score (nSPS) is 15.3. The highest BCUT2D eigenvalue weighted by Crippen LogP contribution is 2.37. The van der Waals surface area contributed by atoms with Crippen LogP contribution in [0.3, 0.4) is 0 Å². The third kappa shape index (κ3) is 1.93. The van der Waals surface area contributed by atoms with E-state index in [2.05, 4.69) is 4.74 Å². The molecule has 15 heavy (non-hydrogen) atoms. The molecule has 0 radical (unpaired) electrons. The van der Waals surface area contributed by atoms with Crippen molar-refractivity contribution in [3.63, 3.8) is 0 Å². The number of aliphatic hydroxyl groups excluding tert-OH is 1. The summed E-state index contributed by atoms with van der Waals surface area (Å²) in [5.74, 6) is 0.715. The van der Waals surface area contributed by atoms with Crippen LogP contribution in [0, 0.1) is 0 Å². The molecule has 1 aromatic carbocycles. The molecule has 1 aliphatic rings. The lowest BCUT2D eigenvalue weighted by atomic mass is 10.1. The maximum absolute atomic E-state index is 11.1. The van der Waals surface area contributed by atoms with Crippen LogP contribution < -0.4 is 4.74 Å². The molecule has 4 nitrogen and oxygen atoms in total. The number of ether oxygens (including phenoxy) is 2. The van der Waals surface area contributed by atoms with Crippen LogP contribution in [0.5, 0.6) is 5.75 Å². The Hall–Kier alpha value is -1.20. The molecular weight excluding hydrogens is 216 g/mol. The number of benzene rings is 1. The molecule has 80 valence electrons. The minimum atomic E-state index is -1.22. The van der Waals surface area contributed by atoms with Gasteiger partial charge in [0.05, 0.1) is 12.0 Å². The van der Waals surface area contributed by atoms with E-state index in [1.165, 1.54) is 18.9 Å². The van der Waals surface area contributed by atoms with Gasteiger partial charge in [-0.1, -0.05) is 17.8 Å². The molecule has 0 fully saturated rings. The number of carbonyl (C=O) groups is 1. The molecular formula is C10H10O4S. The molecule has 1 atom stereocenters. The lowest BCUT2D eigenvalue weighted by molar-refractivity contribution is -0.150. The fourth-order valence-corrected chi connectivity index (χ4v) is 2.13. The number of aliphatic hydroxyl groups is 1. The SMILES string of the molecule is COC(=O)C(O)c1ccc2c(c1)SCO2. The number of hydrogen-bond donors (Lipinski definition) is 1. The highest BCUT2D eigenvalue weighted by Gasteiger charge is 2.21. The van der Waals surface area contributed by atoms with Gasteiger partial charge in [0.2, 0.25) is 0 Å². The zero-order valence-corrected chi connectivity index (χ0v) is 8.91. The van der Waals surface area contributed by atoms with Crippen molar-refractivity contribution in [2.24, 2.45) is 0 Å². The van der Waals surface area contributed by atoms with E-state index in [0.717, 1.165) is 10.6 Å². The van der Waals surface area contributed by atoms with Gasteiger partial charge in [0.15, 0.2) is 6.10 Å². The first-order chi connectivity index (χ1) is 7.22. The van der Waals surface area contributed by atoms with Gasteiger partial charge in [0.1, 0.15) is 11.7 Å². The van der Waals surface area contributed by atoms with E-state index in [9.17, 15) is 9.90 Å². The van der Waals surface area contributed by atoms with E-state index < -0.39 is 12.1 Å². The summed E-state index contributed by atoms with van der Waals surface area (Å²) in [6, 6.07) is 5.15. The minimum absolute atomic E-state index is 0.526. The first-order valence-electron chi connectivity index (χ1n) is 4.38. The van der Waals surface area contributed by atoms with E-state index in [-0.39, 0.29) is 0 Å². The Labute approximate surface area is 91.2 Å². The Bertz CT molecular complexity index is 391. The predicted molar refractivity (Wildman–Crippen MR) is 54.8 cm³/mol. The predicted octanol–water partition coefficient (Wildman–Crippen LogP) is 1.33. The quantitative estimate of drug-likeness (QED) is 0.771. The van der Waals surface area contributed by atoms with Crippen molar-refractivity contribution < 1.29 is 19.4 Å². The van der Waals surface area contributed by atoms with E-state index in [1.807, 2.05) is 0 Å². The molecule has 0 amide bonds. The molecule has 5 heteroatoms. The van der Waals surface area contributed by atoms with Crippen LogP contribution in [0.1, 0.15) is 11.7 Å². The summed E-state index contributed by atoms with van der Waals surface area (Å²) in [6.45, 7) is 0. The van der Waals surface area contributed by atoms with E-state index in [0.29, 0.717) is 11.5 Å². The topological polar surface area (TPSA) is 55.8 Å². The number of carbonyl (C=O) groups excluding carboxylic acids is 1. The molecule has 0 spiro atoms. The van der Waals surface area contributed by atoms with Crippen LogP contribution in [0.25, 0.3) is 0 Å².